The number of ether oxygens (including phenoxy) is 2. The van der Waals surface area contributed by atoms with E-state index in [-0.39, 0.29) is 5.92 Å². The van der Waals surface area contributed by atoms with Gasteiger partial charge >= 0.3 is 0 Å². The fourth-order valence-electron chi connectivity index (χ4n) is 3.84. The normalized spacial score (nSPS) is 15.6. The molecule has 1 atom stereocenters. The van der Waals surface area contributed by atoms with Gasteiger partial charge in [-0.3, -0.25) is 4.98 Å². The smallest absolute Gasteiger partial charge is 0.161 e. The average Bonchev–Trinajstić information content (AvgIpc) is 3.41. The SMILES string of the molecule is COc1ccc([C@H](Cc2ccncc2)c2ccsc2)cc1OC1CCCC1. The van der Waals surface area contributed by atoms with Crippen LogP contribution in [0.2, 0.25) is 0 Å². The molecule has 0 spiro atoms. The van der Waals surface area contributed by atoms with E-state index < -0.39 is 0 Å². The van der Waals surface area contributed by atoms with E-state index in [1.54, 1.807) is 18.4 Å². The Kier molecular flexibility index (Phi) is 5.73. The van der Waals surface area contributed by atoms with Crippen molar-refractivity contribution in [3.8, 4) is 11.5 Å². The zero-order chi connectivity index (χ0) is 18.5. The zero-order valence-electron chi connectivity index (χ0n) is 15.6. The van der Waals surface area contributed by atoms with Crippen molar-refractivity contribution in [1.29, 1.82) is 0 Å². The van der Waals surface area contributed by atoms with Gasteiger partial charge in [0.1, 0.15) is 0 Å². The van der Waals surface area contributed by atoms with Crippen LogP contribution in [0.3, 0.4) is 0 Å². The van der Waals surface area contributed by atoms with Crippen molar-refractivity contribution in [2.45, 2.75) is 44.1 Å². The van der Waals surface area contributed by atoms with Crippen molar-refractivity contribution in [3.63, 3.8) is 0 Å². The maximum atomic E-state index is 6.32. The molecule has 4 heteroatoms. The summed E-state index contributed by atoms with van der Waals surface area (Å²) in [4.78, 5) is 4.15. The van der Waals surface area contributed by atoms with Crippen LogP contribution in [-0.2, 0) is 6.42 Å². The molecule has 4 rings (SSSR count). The first-order chi connectivity index (χ1) is 13.3. The molecule has 0 radical (unpaired) electrons. The molecule has 1 aliphatic carbocycles. The molecule has 2 aromatic heterocycles. The highest BCUT2D eigenvalue weighted by Gasteiger charge is 2.21. The van der Waals surface area contributed by atoms with Gasteiger partial charge in [0.15, 0.2) is 11.5 Å². The first kappa shape index (κ1) is 18.1. The lowest BCUT2D eigenvalue weighted by atomic mass is 9.87. The third-order valence-electron chi connectivity index (χ3n) is 5.32. The Bertz CT molecular complexity index is 842. The number of thiophene rings is 1. The lowest BCUT2D eigenvalue weighted by molar-refractivity contribution is 0.200. The molecule has 3 nitrogen and oxygen atoms in total. The molecule has 1 aliphatic rings. The molecule has 0 N–H and O–H groups in total. The van der Waals surface area contributed by atoms with Crippen molar-refractivity contribution in [2.75, 3.05) is 7.11 Å². The Labute approximate surface area is 165 Å². The van der Waals surface area contributed by atoms with Crippen molar-refractivity contribution >= 4 is 11.3 Å². The van der Waals surface area contributed by atoms with E-state index in [4.69, 9.17) is 9.47 Å². The molecule has 0 aliphatic heterocycles. The van der Waals surface area contributed by atoms with Crippen LogP contribution in [0.1, 0.15) is 48.3 Å². The standard InChI is InChI=1S/C23H25NO2S/c1-25-22-7-6-18(15-23(22)26-20-4-2-3-5-20)21(19-10-13-27-16-19)14-17-8-11-24-12-9-17/h6-13,15-16,20-21H,2-5,14H2,1H3/t21-/m0/s1. The quantitative estimate of drug-likeness (QED) is 0.516. The summed E-state index contributed by atoms with van der Waals surface area (Å²) in [6.07, 6.45) is 9.77. The molecule has 1 aromatic carbocycles. The van der Waals surface area contributed by atoms with E-state index in [0.29, 0.717) is 6.10 Å². The van der Waals surface area contributed by atoms with Crippen LogP contribution >= 0.6 is 11.3 Å². The molecule has 140 valence electrons. The van der Waals surface area contributed by atoms with Crippen LogP contribution in [0.5, 0.6) is 11.5 Å². The van der Waals surface area contributed by atoms with E-state index >= 15 is 0 Å². The molecule has 0 unspecified atom stereocenters. The highest BCUT2D eigenvalue weighted by atomic mass is 32.1. The summed E-state index contributed by atoms with van der Waals surface area (Å²) < 4.78 is 11.9. The van der Waals surface area contributed by atoms with Gasteiger partial charge in [-0.05, 0) is 89.9 Å². The van der Waals surface area contributed by atoms with Gasteiger partial charge in [0, 0.05) is 18.3 Å². The first-order valence-electron chi connectivity index (χ1n) is 9.59. The number of aromatic nitrogens is 1. The predicted molar refractivity (Wildman–Crippen MR) is 110 cm³/mol. The number of benzene rings is 1. The molecule has 0 amide bonds. The number of pyridine rings is 1. The average molecular weight is 380 g/mol. The topological polar surface area (TPSA) is 31.4 Å². The maximum absolute atomic E-state index is 6.32. The number of nitrogens with zero attached hydrogens (tertiary/aromatic N) is 1. The number of methoxy groups -OCH3 is 1. The number of hydrogen-bond donors (Lipinski definition) is 0. The summed E-state index contributed by atoms with van der Waals surface area (Å²) in [5, 5.41) is 4.39. The second-order valence-electron chi connectivity index (χ2n) is 7.10. The third-order valence-corrected chi connectivity index (χ3v) is 6.02. The van der Waals surface area contributed by atoms with Gasteiger partial charge < -0.3 is 9.47 Å². The molecular weight excluding hydrogens is 354 g/mol. The Morgan fingerprint density at radius 2 is 1.85 bits per heavy atom. The van der Waals surface area contributed by atoms with E-state index in [0.717, 1.165) is 30.8 Å². The molecule has 27 heavy (non-hydrogen) atoms. The molecule has 2 heterocycles. The Morgan fingerprint density at radius 3 is 2.56 bits per heavy atom. The lowest BCUT2D eigenvalue weighted by Gasteiger charge is -2.21. The van der Waals surface area contributed by atoms with Gasteiger partial charge in [0.05, 0.1) is 13.2 Å². The van der Waals surface area contributed by atoms with Crippen LogP contribution in [0.15, 0.2) is 59.6 Å². The van der Waals surface area contributed by atoms with Crippen molar-refractivity contribution in [3.05, 3.63) is 76.2 Å². The first-order valence-corrected chi connectivity index (χ1v) is 10.5. The monoisotopic (exact) mass is 379 g/mol. The van der Waals surface area contributed by atoms with Crippen LogP contribution in [0.4, 0.5) is 0 Å². The summed E-state index contributed by atoms with van der Waals surface area (Å²) in [6.45, 7) is 0. The summed E-state index contributed by atoms with van der Waals surface area (Å²) in [5.41, 5.74) is 3.89. The number of hydrogen-bond acceptors (Lipinski definition) is 4. The summed E-state index contributed by atoms with van der Waals surface area (Å²) in [5.74, 6) is 1.98. The van der Waals surface area contributed by atoms with Crippen LogP contribution < -0.4 is 9.47 Å². The largest absolute Gasteiger partial charge is 0.493 e. The molecule has 0 bridgehead atoms. The fourth-order valence-corrected chi connectivity index (χ4v) is 4.56. The van der Waals surface area contributed by atoms with Crippen molar-refractivity contribution in [1.82, 2.24) is 4.98 Å². The zero-order valence-corrected chi connectivity index (χ0v) is 16.5. The van der Waals surface area contributed by atoms with Gasteiger partial charge in [-0.15, -0.1) is 0 Å². The summed E-state index contributed by atoms with van der Waals surface area (Å²) >= 11 is 1.74. The second kappa shape index (κ2) is 8.57. The minimum Gasteiger partial charge on any atom is -0.493 e. The van der Waals surface area contributed by atoms with Gasteiger partial charge in [-0.25, -0.2) is 0 Å². The molecular formula is C23H25NO2S. The van der Waals surface area contributed by atoms with Crippen molar-refractivity contribution in [2.24, 2.45) is 0 Å². The van der Waals surface area contributed by atoms with Crippen LogP contribution in [0.25, 0.3) is 0 Å². The fraction of sp³-hybridized carbons (Fsp3) is 0.348. The lowest BCUT2D eigenvalue weighted by Crippen LogP contribution is -2.12. The van der Waals surface area contributed by atoms with Crippen LogP contribution in [-0.4, -0.2) is 18.2 Å². The highest BCUT2D eigenvalue weighted by molar-refractivity contribution is 7.08. The predicted octanol–water partition coefficient (Wildman–Crippen LogP) is 5.85. The van der Waals surface area contributed by atoms with E-state index in [1.807, 2.05) is 18.5 Å². The van der Waals surface area contributed by atoms with Gasteiger partial charge in [0.25, 0.3) is 0 Å². The van der Waals surface area contributed by atoms with Gasteiger partial charge in [-0.2, -0.15) is 11.3 Å². The third kappa shape index (κ3) is 4.33. The molecule has 3 aromatic rings. The second-order valence-corrected chi connectivity index (χ2v) is 7.88. The molecule has 1 fully saturated rings. The number of rotatable bonds is 7. The summed E-state index contributed by atoms with van der Waals surface area (Å²) in [6, 6.07) is 12.8. The Hall–Kier alpha value is -2.33. The van der Waals surface area contributed by atoms with Crippen molar-refractivity contribution < 1.29 is 9.47 Å². The van der Waals surface area contributed by atoms with E-state index in [1.165, 1.54) is 29.5 Å². The minimum atomic E-state index is 0.287. The van der Waals surface area contributed by atoms with Crippen LogP contribution in [0, 0.1) is 0 Å². The maximum Gasteiger partial charge on any atom is 0.161 e. The van der Waals surface area contributed by atoms with Gasteiger partial charge in [0.2, 0.25) is 0 Å². The summed E-state index contributed by atoms with van der Waals surface area (Å²) in [7, 11) is 1.71. The molecule has 1 saturated carbocycles. The molecule has 0 saturated heterocycles. The van der Waals surface area contributed by atoms with E-state index in [9.17, 15) is 0 Å². The van der Waals surface area contributed by atoms with Gasteiger partial charge in [-0.1, -0.05) is 6.07 Å². The highest BCUT2D eigenvalue weighted by Crippen LogP contribution is 2.37. The Balaban J connectivity index is 1.66. The minimum absolute atomic E-state index is 0.287. The van der Waals surface area contributed by atoms with E-state index in [2.05, 4.69) is 46.1 Å². The Morgan fingerprint density at radius 1 is 1.04 bits per heavy atom.